The standard InChI is InChI=1S/C27H21F3N2O5S2/c1-37-16-7-10(5-6-15(16)33)17-18-13-9-14(21(18)38-23-22(17)39-26(36)31-23)20-19(13)24(34)32(25(20)35)12-4-2-3-11(8-12)27(28,29)30/h2-8,13-14,17-21,33H,9H2,1H3,(H,31,36)/t13-,14+,17-,18+,19+,20+,21+/m0/s1. The third-order valence-corrected chi connectivity index (χ3v) is 11.3. The zero-order chi connectivity index (χ0) is 27.4. The maximum atomic E-state index is 13.8. The number of nitrogens with one attached hydrogen (secondary N) is 1. The van der Waals surface area contributed by atoms with Crippen molar-refractivity contribution in [2.24, 2.45) is 29.6 Å². The van der Waals surface area contributed by atoms with Crippen molar-refractivity contribution in [2.75, 3.05) is 12.0 Å². The van der Waals surface area contributed by atoms with E-state index in [9.17, 15) is 32.7 Å². The highest BCUT2D eigenvalue weighted by atomic mass is 32.2. The minimum Gasteiger partial charge on any atom is -0.504 e. The third-order valence-electron chi connectivity index (χ3n) is 8.72. The van der Waals surface area contributed by atoms with Crippen molar-refractivity contribution in [1.29, 1.82) is 0 Å². The van der Waals surface area contributed by atoms with Crippen molar-refractivity contribution < 1.29 is 32.6 Å². The second-order valence-corrected chi connectivity index (χ2v) is 12.7. The van der Waals surface area contributed by atoms with Gasteiger partial charge < -0.3 is 14.8 Å². The van der Waals surface area contributed by atoms with Gasteiger partial charge in [-0.1, -0.05) is 23.5 Å². The van der Waals surface area contributed by atoms with Crippen LogP contribution >= 0.6 is 23.1 Å². The van der Waals surface area contributed by atoms with E-state index in [2.05, 4.69) is 4.98 Å². The van der Waals surface area contributed by atoms with E-state index < -0.39 is 35.4 Å². The van der Waals surface area contributed by atoms with Crippen LogP contribution < -0.4 is 14.5 Å². The van der Waals surface area contributed by atoms with Gasteiger partial charge in [-0.2, -0.15) is 13.2 Å². The summed E-state index contributed by atoms with van der Waals surface area (Å²) in [6.07, 6.45) is -3.95. The van der Waals surface area contributed by atoms with Gasteiger partial charge in [0.05, 0.1) is 35.2 Å². The summed E-state index contributed by atoms with van der Waals surface area (Å²) in [6.45, 7) is 0. The lowest BCUT2D eigenvalue weighted by Crippen LogP contribution is -2.42. The van der Waals surface area contributed by atoms with Crippen LogP contribution in [0.4, 0.5) is 18.9 Å². The van der Waals surface area contributed by atoms with Gasteiger partial charge in [0.2, 0.25) is 11.8 Å². The first-order chi connectivity index (χ1) is 18.6. The maximum Gasteiger partial charge on any atom is 0.416 e. The Kier molecular flexibility index (Phi) is 5.32. The number of benzene rings is 2. The maximum absolute atomic E-state index is 13.8. The number of rotatable bonds is 3. The lowest BCUT2D eigenvalue weighted by Gasteiger charge is -2.43. The van der Waals surface area contributed by atoms with Crippen LogP contribution in [0.1, 0.15) is 28.3 Å². The molecular formula is C27H21F3N2O5S2. The highest BCUT2D eigenvalue weighted by molar-refractivity contribution is 8.00. The number of aromatic nitrogens is 1. The Hall–Kier alpha value is -3.25. The van der Waals surface area contributed by atoms with E-state index in [0.717, 1.165) is 43.8 Å². The van der Waals surface area contributed by atoms with Crippen molar-refractivity contribution in [3.05, 3.63) is 68.1 Å². The Morgan fingerprint density at radius 2 is 1.79 bits per heavy atom. The summed E-state index contributed by atoms with van der Waals surface area (Å²) in [5.74, 6) is -2.63. The molecule has 39 heavy (non-hydrogen) atoms. The first-order valence-corrected chi connectivity index (χ1v) is 14.1. The van der Waals surface area contributed by atoms with Crippen LogP contribution in [-0.2, 0) is 15.8 Å². The van der Waals surface area contributed by atoms with Gasteiger partial charge in [-0.15, -0.1) is 11.8 Å². The molecular weight excluding hydrogens is 553 g/mol. The predicted octanol–water partition coefficient (Wildman–Crippen LogP) is 4.85. The molecule has 12 heteroatoms. The van der Waals surface area contributed by atoms with Gasteiger partial charge in [-0.3, -0.25) is 19.3 Å². The number of ether oxygens (including phenoxy) is 1. The third kappa shape index (κ3) is 3.46. The number of aromatic hydroxyl groups is 1. The van der Waals surface area contributed by atoms with E-state index >= 15 is 0 Å². The Morgan fingerprint density at radius 1 is 1.05 bits per heavy atom. The molecule has 0 radical (unpaired) electrons. The van der Waals surface area contributed by atoms with Crippen LogP contribution in [0.5, 0.6) is 11.5 Å². The van der Waals surface area contributed by atoms with Gasteiger partial charge in [0.1, 0.15) is 0 Å². The van der Waals surface area contributed by atoms with Gasteiger partial charge in [-0.05, 0) is 60.1 Å². The molecule has 4 aliphatic rings. The van der Waals surface area contributed by atoms with Crippen LogP contribution in [0, 0.1) is 29.6 Å². The summed E-state index contributed by atoms with van der Waals surface area (Å²) in [5.41, 5.74) is -0.154. The SMILES string of the molecule is COc1cc([C@@H]2c3sc(=O)[nH]c3S[C@@H]3[C@@H]4C[C@H]([C@H]5C(=O)N(c6cccc(C(F)(F)F)c6)C(=O)[C@H]45)[C@H]23)ccc1O. The number of hydrogen-bond donors (Lipinski definition) is 2. The minimum absolute atomic E-state index is 0.0215. The summed E-state index contributed by atoms with van der Waals surface area (Å²) in [7, 11) is 1.45. The topological polar surface area (TPSA) is 99.7 Å². The fourth-order valence-corrected chi connectivity index (χ4v) is 10.2. The van der Waals surface area contributed by atoms with E-state index in [4.69, 9.17) is 4.74 Å². The number of thiazole rings is 1. The van der Waals surface area contributed by atoms with Crippen LogP contribution in [0.15, 0.2) is 52.3 Å². The molecule has 3 heterocycles. The lowest BCUT2D eigenvalue weighted by atomic mass is 9.68. The van der Waals surface area contributed by atoms with E-state index in [1.165, 1.54) is 37.1 Å². The Bertz CT molecular complexity index is 1600. The number of amides is 2. The summed E-state index contributed by atoms with van der Waals surface area (Å²) in [4.78, 5) is 44.3. The molecule has 0 spiro atoms. The van der Waals surface area contributed by atoms with E-state index in [-0.39, 0.29) is 51.0 Å². The number of fused-ring (bicyclic) bond motifs is 9. The number of methoxy groups -OCH3 is 1. The predicted molar refractivity (Wildman–Crippen MR) is 137 cm³/mol. The first kappa shape index (κ1) is 24.8. The Morgan fingerprint density at radius 3 is 2.51 bits per heavy atom. The van der Waals surface area contributed by atoms with Gasteiger partial charge in [0.25, 0.3) is 0 Å². The lowest BCUT2D eigenvalue weighted by molar-refractivity contribution is -0.137. The molecule has 1 saturated heterocycles. The molecule has 7 nitrogen and oxygen atoms in total. The number of phenols is 1. The molecule has 2 amide bonds. The molecule has 7 rings (SSSR count). The largest absolute Gasteiger partial charge is 0.504 e. The smallest absolute Gasteiger partial charge is 0.416 e. The number of alkyl halides is 3. The van der Waals surface area contributed by atoms with Crippen molar-refractivity contribution >= 4 is 40.6 Å². The molecule has 7 atom stereocenters. The number of thioether (sulfide) groups is 1. The number of nitrogens with zero attached hydrogens (tertiary/aromatic N) is 1. The highest BCUT2D eigenvalue weighted by Gasteiger charge is 2.69. The second kappa shape index (κ2) is 8.37. The second-order valence-electron chi connectivity index (χ2n) is 10.5. The fourth-order valence-electron chi connectivity index (χ4n) is 7.35. The number of halogens is 3. The van der Waals surface area contributed by atoms with Gasteiger partial charge >= 0.3 is 11.0 Å². The number of carbonyl (C=O) groups excluding carboxylic acids is 2. The van der Waals surface area contributed by atoms with E-state index in [0.29, 0.717) is 6.42 Å². The zero-order valence-electron chi connectivity index (χ0n) is 20.3. The summed E-state index contributed by atoms with van der Waals surface area (Å²) < 4.78 is 45.5. The molecule has 202 valence electrons. The minimum atomic E-state index is -4.60. The number of aromatic amines is 1. The van der Waals surface area contributed by atoms with Gasteiger partial charge in [0.15, 0.2) is 11.5 Å². The molecule has 0 unspecified atom stereocenters. The van der Waals surface area contributed by atoms with Crippen LogP contribution in [-0.4, -0.2) is 34.3 Å². The summed E-state index contributed by atoms with van der Waals surface area (Å²) >= 11 is 2.63. The highest BCUT2D eigenvalue weighted by Crippen LogP contribution is 2.68. The average molecular weight is 575 g/mol. The Labute approximate surface area is 228 Å². The van der Waals surface area contributed by atoms with E-state index in [1.807, 2.05) is 0 Å². The van der Waals surface area contributed by atoms with Gasteiger partial charge in [0, 0.05) is 16.0 Å². The first-order valence-electron chi connectivity index (χ1n) is 12.4. The van der Waals surface area contributed by atoms with Crippen molar-refractivity contribution in [3.8, 4) is 11.5 Å². The average Bonchev–Trinajstić information content (AvgIpc) is 3.63. The van der Waals surface area contributed by atoms with Crippen LogP contribution in [0.2, 0.25) is 0 Å². The molecule has 3 aromatic rings. The number of anilines is 1. The number of H-pyrrole nitrogens is 1. The molecule has 2 saturated carbocycles. The van der Waals surface area contributed by atoms with Crippen LogP contribution in [0.25, 0.3) is 0 Å². The number of hydrogen-bond acceptors (Lipinski definition) is 7. The molecule has 3 fully saturated rings. The summed E-state index contributed by atoms with van der Waals surface area (Å²) in [6, 6.07) is 9.40. The molecule has 2 aromatic carbocycles. The molecule has 2 bridgehead atoms. The number of imide groups is 1. The number of carbonyl (C=O) groups is 2. The van der Waals surface area contributed by atoms with Crippen molar-refractivity contribution in [1.82, 2.24) is 4.98 Å². The quantitative estimate of drug-likeness (QED) is 0.434. The number of phenolic OH excluding ortho intramolecular Hbond substituents is 1. The molecule has 2 aliphatic carbocycles. The fraction of sp³-hybridized carbons (Fsp3) is 0.370. The monoisotopic (exact) mass is 574 g/mol. The molecule has 1 aromatic heterocycles. The normalized spacial score (nSPS) is 30.9. The molecule has 2 aliphatic heterocycles. The van der Waals surface area contributed by atoms with Crippen molar-refractivity contribution in [3.63, 3.8) is 0 Å². The summed E-state index contributed by atoms with van der Waals surface area (Å²) in [5, 5.41) is 10.8. The molecule has 2 N–H and O–H groups in total. The van der Waals surface area contributed by atoms with E-state index in [1.54, 1.807) is 12.1 Å². The Balaban J connectivity index is 1.31. The van der Waals surface area contributed by atoms with Crippen LogP contribution in [0.3, 0.4) is 0 Å². The van der Waals surface area contributed by atoms with Crippen molar-refractivity contribution in [2.45, 2.75) is 28.8 Å². The zero-order valence-corrected chi connectivity index (χ0v) is 21.9. The van der Waals surface area contributed by atoms with Gasteiger partial charge in [-0.25, -0.2) is 0 Å².